The van der Waals surface area contributed by atoms with Crippen LogP contribution >= 0.6 is 0 Å². The van der Waals surface area contributed by atoms with Crippen molar-refractivity contribution in [2.45, 2.75) is 34.2 Å². The maximum Gasteiger partial charge on any atom is 0.280 e. The van der Waals surface area contributed by atoms with Gasteiger partial charge >= 0.3 is 0 Å². The summed E-state index contributed by atoms with van der Waals surface area (Å²) in [5, 5.41) is 10.6. The minimum atomic E-state index is -0.110. The number of hydrogen-bond acceptors (Lipinski definition) is 3. The molecule has 0 bridgehead atoms. The zero-order chi connectivity index (χ0) is 20.5. The van der Waals surface area contributed by atoms with Crippen LogP contribution in [0.3, 0.4) is 0 Å². The molecule has 0 atom stereocenters. The maximum absolute atomic E-state index is 13.0. The topological polar surface area (TPSA) is 50.5 Å². The largest absolute Gasteiger partial charge is 0.280 e. The highest BCUT2D eigenvalue weighted by Gasteiger charge is 2.29. The average molecular weight is 384 g/mol. The first-order valence-electron chi connectivity index (χ1n) is 9.70. The van der Waals surface area contributed by atoms with E-state index >= 15 is 0 Å². The number of nitrogens with zero attached hydrogens (tertiary/aromatic N) is 4. The van der Waals surface area contributed by atoms with Crippen LogP contribution in [-0.2, 0) is 11.3 Å². The van der Waals surface area contributed by atoms with Gasteiger partial charge in [0, 0.05) is 11.3 Å². The Morgan fingerprint density at radius 3 is 2.31 bits per heavy atom. The summed E-state index contributed by atoms with van der Waals surface area (Å²) >= 11 is 0. The smallest absolute Gasteiger partial charge is 0.267 e. The molecule has 3 aromatic rings. The Balaban J connectivity index is 1.65. The first kappa shape index (κ1) is 18.9. The summed E-state index contributed by atoms with van der Waals surface area (Å²) in [6.07, 6.45) is 1.93. The molecule has 1 amide bonds. The maximum atomic E-state index is 13.0. The van der Waals surface area contributed by atoms with Gasteiger partial charge in [0.1, 0.15) is 0 Å². The zero-order valence-electron chi connectivity index (χ0n) is 17.2. The lowest BCUT2D eigenvalue weighted by molar-refractivity contribution is -0.114. The number of aromatic nitrogens is 2. The minimum Gasteiger partial charge on any atom is -0.267 e. The monoisotopic (exact) mass is 384 g/mol. The second-order valence-electron chi connectivity index (χ2n) is 7.42. The van der Waals surface area contributed by atoms with Gasteiger partial charge in [-0.15, -0.1) is 0 Å². The summed E-state index contributed by atoms with van der Waals surface area (Å²) in [6.45, 7) is 8.61. The molecule has 0 fully saturated rings. The number of rotatable bonds is 4. The third-order valence-electron chi connectivity index (χ3n) is 5.24. The molecule has 5 nitrogen and oxygen atoms in total. The summed E-state index contributed by atoms with van der Waals surface area (Å²) in [6, 6.07) is 18.0. The molecule has 5 heteroatoms. The van der Waals surface area contributed by atoms with E-state index in [-0.39, 0.29) is 5.91 Å². The molecule has 1 aromatic heterocycles. The SMILES string of the molecule is CC1=NN(c2ccc(C)cc2)C(=O)/C1=C/c1c(C)nn(Cc2ccccc2)c1C. The fraction of sp³-hybridized carbons (Fsp3) is 0.208. The Labute approximate surface area is 171 Å². The van der Waals surface area contributed by atoms with Crippen molar-refractivity contribution in [1.82, 2.24) is 9.78 Å². The molecule has 0 saturated carbocycles. The van der Waals surface area contributed by atoms with Crippen LogP contribution in [0.4, 0.5) is 5.69 Å². The normalized spacial score (nSPS) is 15.3. The first-order chi connectivity index (χ1) is 13.9. The molecule has 0 N–H and O–H groups in total. The van der Waals surface area contributed by atoms with Gasteiger partial charge in [0.25, 0.3) is 5.91 Å². The third-order valence-corrected chi connectivity index (χ3v) is 5.24. The van der Waals surface area contributed by atoms with Gasteiger partial charge in [-0.1, -0.05) is 48.0 Å². The summed E-state index contributed by atoms with van der Waals surface area (Å²) in [4.78, 5) is 13.0. The quantitative estimate of drug-likeness (QED) is 0.614. The van der Waals surface area contributed by atoms with Gasteiger partial charge in [0.2, 0.25) is 0 Å². The van der Waals surface area contributed by atoms with Crippen LogP contribution in [0.15, 0.2) is 65.3 Å². The summed E-state index contributed by atoms with van der Waals surface area (Å²) < 4.78 is 1.99. The van der Waals surface area contributed by atoms with Gasteiger partial charge in [-0.05, 0) is 51.5 Å². The fourth-order valence-corrected chi connectivity index (χ4v) is 3.52. The van der Waals surface area contributed by atoms with Crippen LogP contribution in [0, 0.1) is 20.8 Å². The van der Waals surface area contributed by atoms with E-state index in [2.05, 4.69) is 17.2 Å². The number of aryl methyl sites for hydroxylation is 2. The molecule has 0 radical (unpaired) electrons. The molecule has 2 heterocycles. The predicted octanol–water partition coefficient (Wildman–Crippen LogP) is 4.66. The van der Waals surface area contributed by atoms with Gasteiger partial charge in [0.15, 0.2) is 0 Å². The molecule has 0 unspecified atom stereocenters. The molecule has 29 heavy (non-hydrogen) atoms. The highest BCUT2D eigenvalue weighted by atomic mass is 16.2. The summed E-state index contributed by atoms with van der Waals surface area (Å²) in [7, 11) is 0. The van der Waals surface area contributed by atoms with Crippen molar-refractivity contribution < 1.29 is 4.79 Å². The molecule has 1 aliphatic heterocycles. The van der Waals surface area contributed by atoms with E-state index in [1.807, 2.05) is 80.9 Å². The number of carbonyl (C=O) groups excluding carboxylic acids is 1. The second-order valence-corrected chi connectivity index (χ2v) is 7.42. The molecular weight excluding hydrogens is 360 g/mol. The molecule has 0 aliphatic carbocycles. The molecule has 4 rings (SSSR count). The number of anilines is 1. The second kappa shape index (κ2) is 7.51. The van der Waals surface area contributed by atoms with Gasteiger partial charge in [-0.2, -0.15) is 15.2 Å². The fourth-order valence-electron chi connectivity index (χ4n) is 3.52. The number of hydrazone groups is 1. The lowest BCUT2D eigenvalue weighted by Gasteiger charge is -2.11. The van der Waals surface area contributed by atoms with E-state index in [9.17, 15) is 4.79 Å². The van der Waals surface area contributed by atoms with E-state index in [4.69, 9.17) is 5.10 Å². The van der Waals surface area contributed by atoms with Crippen molar-refractivity contribution in [2.75, 3.05) is 5.01 Å². The molecule has 0 spiro atoms. The van der Waals surface area contributed by atoms with E-state index < -0.39 is 0 Å². The van der Waals surface area contributed by atoms with Crippen LogP contribution < -0.4 is 5.01 Å². The van der Waals surface area contributed by atoms with Gasteiger partial charge in [0.05, 0.1) is 29.2 Å². The van der Waals surface area contributed by atoms with Crippen LogP contribution in [0.1, 0.15) is 35.0 Å². The van der Waals surface area contributed by atoms with E-state index in [0.29, 0.717) is 17.8 Å². The van der Waals surface area contributed by atoms with Crippen molar-refractivity contribution in [3.8, 4) is 0 Å². The highest BCUT2D eigenvalue weighted by molar-refractivity contribution is 6.32. The number of amides is 1. The van der Waals surface area contributed by atoms with Crippen molar-refractivity contribution >= 4 is 23.4 Å². The van der Waals surface area contributed by atoms with Crippen molar-refractivity contribution in [3.63, 3.8) is 0 Å². The van der Waals surface area contributed by atoms with Crippen molar-refractivity contribution in [1.29, 1.82) is 0 Å². The van der Waals surface area contributed by atoms with Gasteiger partial charge < -0.3 is 0 Å². The Hall–Kier alpha value is -3.47. The predicted molar refractivity (Wildman–Crippen MR) is 117 cm³/mol. The van der Waals surface area contributed by atoms with E-state index in [1.54, 1.807) is 0 Å². The van der Waals surface area contributed by atoms with Crippen LogP contribution in [-0.4, -0.2) is 21.4 Å². The van der Waals surface area contributed by atoms with E-state index in [1.165, 1.54) is 10.6 Å². The number of carbonyl (C=O) groups is 1. The molecular formula is C24H24N4O. The highest BCUT2D eigenvalue weighted by Crippen LogP contribution is 2.27. The Morgan fingerprint density at radius 1 is 0.931 bits per heavy atom. The van der Waals surface area contributed by atoms with Gasteiger partial charge in [-0.3, -0.25) is 9.48 Å². The summed E-state index contributed by atoms with van der Waals surface area (Å²) in [5.74, 6) is -0.110. The standard InChI is InChI=1S/C24H24N4O/c1-16-10-12-21(13-11-16)28-24(29)23(18(3)26-28)14-22-17(2)25-27(19(22)4)15-20-8-6-5-7-9-20/h5-14H,15H2,1-4H3/b23-14+. The zero-order valence-corrected chi connectivity index (χ0v) is 17.2. The minimum absolute atomic E-state index is 0.110. The van der Waals surface area contributed by atoms with Crippen LogP contribution in [0.25, 0.3) is 6.08 Å². The lowest BCUT2D eigenvalue weighted by Crippen LogP contribution is -2.21. The number of hydrogen-bond donors (Lipinski definition) is 0. The number of benzene rings is 2. The molecule has 1 aliphatic rings. The van der Waals surface area contributed by atoms with Crippen molar-refractivity contribution in [3.05, 3.63) is 88.2 Å². The Bertz CT molecular complexity index is 1120. The van der Waals surface area contributed by atoms with Crippen LogP contribution in [0.2, 0.25) is 0 Å². The molecule has 0 saturated heterocycles. The van der Waals surface area contributed by atoms with E-state index in [0.717, 1.165) is 28.2 Å². The Morgan fingerprint density at radius 2 is 1.62 bits per heavy atom. The van der Waals surface area contributed by atoms with Gasteiger partial charge in [-0.25, -0.2) is 0 Å². The average Bonchev–Trinajstić information content (AvgIpc) is 3.14. The molecule has 146 valence electrons. The Kier molecular flexibility index (Phi) is 4.89. The van der Waals surface area contributed by atoms with Crippen molar-refractivity contribution in [2.24, 2.45) is 5.10 Å². The lowest BCUT2D eigenvalue weighted by atomic mass is 10.1. The first-order valence-corrected chi connectivity index (χ1v) is 9.70. The summed E-state index contributed by atoms with van der Waals surface area (Å²) in [5.41, 5.74) is 7.35. The van der Waals surface area contributed by atoms with Crippen LogP contribution in [0.5, 0.6) is 0 Å². The molecule has 2 aromatic carbocycles. The third kappa shape index (κ3) is 3.63.